The predicted octanol–water partition coefficient (Wildman–Crippen LogP) is 6.22. The van der Waals surface area contributed by atoms with Crippen LogP contribution >= 0.6 is 15.9 Å². The molecule has 8 nitrogen and oxygen atoms in total. The number of alkyl carbamates (subject to hydrolysis) is 1. The number of amides is 1. The van der Waals surface area contributed by atoms with Gasteiger partial charge in [-0.3, -0.25) is 9.78 Å². The molecule has 1 aliphatic heterocycles. The van der Waals surface area contributed by atoms with Crippen molar-refractivity contribution in [3.05, 3.63) is 52.8 Å². The number of carbonyl (C=O) groups excluding carboxylic acids is 2. The molecule has 9 heteroatoms. The smallest absolute Gasteiger partial charge is 0.407 e. The number of ketones is 1. The van der Waals surface area contributed by atoms with Crippen LogP contribution in [0.5, 0.6) is 0 Å². The van der Waals surface area contributed by atoms with Gasteiger partial charge in [-0.25, -0.2) is 9.78 Å². The largest absolute Gasteiger partial charge is 0.444 e. The Kier molecular flexibility index (Phi) is 7.07. The van der Waals surface area contributed by atoms with Crippen molar-refractivity contribution in [1.82, 2.24) is 15.3 Å². The molecule has 2 aromatic heterocycles. The Morgan fingerprint density at radius 3 is 2.43 bits per heavy atom. The van der Waals surface area contributed by atoms with Gasteiger partial charge in [0.25, 0.3) is 0 Å². The Labute approximate surface area is 225 Å². The first-order valence-electron chi connectivity index (χ1n) is 12.8. The number of aromatic nitrogens is 2. The summed E-state index contributed by atoms with van der Waals surface area (Å²) in [4.78, 5) is 36.5. The van der Waals surface area contributed by atoms with Crippen molar-refractivity contribution < 1.29 is 14.3 Å². The lowest BCUT2D eigenvalue weighted by Crippen LogP contribution is -2.46. The van der Waals surface area contributed by atoms with Crippen LogP contribution < -0.4 is 15.5 Å². The molecular formula is C28H32BrN5O3. The summed E-state index contributed by atoms with van der Waals surface area (Å²) in [6.07, 6.45) is 6.66. The molecule has 1 saturated carbocycles. The molecule has 0 radical (unpaired) electrons. The van der Waals surface area contributed by atoms with Gasteiger partial charge in [-0.1, -0.05) is 15.9 Å². The maximum absolute atomic E-state index is 13.0. The van der Waals surface area contributed by atoms with E-state index in [0.717, 1.165) is 71.3 Å². The average molecular weight is 567 g/mol. The lowest BCUT2D eigenvalue weighted by molar-refractivity contribution is 0.0497. The monoisotopic (exact) mass is 565 g/mol. The van der Waals surface area contributed by atoms with E-state index in [0.29, 0.717) is 5.56 Å². The topological polar surface area (TPSA) is 96.5 Å². The molecule has 3 heterocycles. The van der Waals surface area contributed by atoms with E-state index in [9.17, 15) is 9.59 Å². The second-order valence-corrected chi connectivity index (χ2v) is 11.7. The number of nitrogens with zero attached hydrogens (tertiary/aromatic N) is 3. The highest BCUT2D eigenvalue weighted by molar-refractivity contribution is 9.10. The van der Waals surface area contributed by atoms with Gasteiger partial charge in [-0.15, -0.1) is 0 Å². The van der Waals surface area contributed by atoms with Crippen LogP contribution in [0.2, 0.25) is 0 Å². The maximum atomic E-state index is 13.0. The fourth-order valence-electron chi connectivity index (χ4n) is 4.57. The van der Waals surface area contributed by atoms with E-state index in [2.05, 4.69) is 36.4 Å². The molecule has 3 aromatic rings. The summed E-state index contributed by atoms with van der Waals surface area (Å²) in [5, 5.41) is 7.33. The van der Waals surface area contributed by atoms with Gasteiger partial charge in [0.05, 0.1) is 28.7 Å². The van der Waals surface area contributed by atoms with Crippen LogP contribution in [0.15, 0.2) is 47.2 Å². The summed E-state index contributed by atoms with van der Waals surface area (Å²) in [7, 11) is 0. The van der Waals surface area contributed by atoms with E-state index in [-0.39, 0.29) is 23.8 Å². The van der Waals surface area contributed by atoms with E-state index in [1.807, 2.05) is 51.1 Å². The lowest BCUT2D eigenvalue weighted by Gasteiger charge is -2.33. The molecular weight excluding hydrogens is 534 g/mol. The molecule has 0 atom stereocenters. The highest BCUT2D eigenvalue weighted by Crippen LogP contribution is 2.38. The van der Waals surface area contributed by atoms with Gasteiger partial charge in [0, 0.05) is 41.1 Å². The summed E-state index contributed by atoms with van der Waals surface area (Å²) in [6.45, 7) is 7.18. The maximum Gasteiger partial charge on any atom is 0.407 e. The Bertz CT molecular complexity index is 1310. The van der Waals surface area contributed by atoms with Crippen LogP contribution in [0.4, 0.5) is 22.0 Å². The summed E-state index contributed by atoms with van der Waals surface area (Å²) >= 11 is 3.55. The van der Waals surface area contributed by atoms with Crippen LogP contribution in [0.25, 0.3) is 10.9 Å². The number of carbonyl (C=O) groups is 2. The number of fused-ring (bicyclic) bond motifs is 1. The molecule has 0 spiro atoms. The Morgan fingerprint density at radius 1 is 1.03 bits per heavy atom. The number of rotatable bonds is 6. The minimum atomic E-state index is -0.504. The van der Waals surface area contributed by atoms with Crippen LogP contribution in [0.1, 0.15) is 56.8 Å². The minimum Gasteiger partial charge on any atom is -0.444 e. The van der Waals surface area contributed by atoms with Crippen molar-refractivity contribution in [3.63, 3.8) is 0 Å². The Balaban J connectivity index is 1.27. The van der Waals surface area contributed by atoms with Crippen molar-refractivity contribution in [3.8, 4) is 0 Å². The van der Waals surface area contributed by atoms with E-state index >= 15 is 0 Å². The number of piperidine rings is 1. The third-order valence-corrected chi connectivity index (χ3v) is 7.09. The van der Waals surface area contributed by atoms with Gasteiger partial charge in [-0.05, 0) is 76.8 Å². The Morgan fingerprint density at radius 2 is 1.78 bits per heavy atom. The fourth-order valence-corrected chi connectivity index (χ4v) is 4.93. The summed E-state index contributed by atoms with van der Waals surface area (Å²) in [6, 6.07) is 9.96. The number of Topliss-reactive ketones (excluding diaryl/α,β-unsaturated/α-hetero) is 1. The molecule has 0 bridgehead atoms. The number of benzene rings is 1. The number of nitrogens with one attached hydrogen (secondary N) is 2. The zero-order chi connectivity index (χ0) is 26.2. The number of ether oxygens (including phenoxy) is 1. The fraction of sp³-hybridized carbons (Fsp3) is 0.429. The first-order valence-corrected chi connectivity index (χ1v) is 13.6. The van der Waals surface area contributed by atoms with Crippen LogP contribution in [-0.2, 0) is 4.74 Å². The van der Waals surface area contributed by atoms with E-state index < -0.39 is 5.60 Å². The molecule has 5 rings (SSSR count). The molecule has 2 aliphatic rings. The number of pyridine rings is 2. The van der Waals surface area contributed by atoms with Gasteiger partial charge in [0.15, 0.2) is 5.78 Å². The van der Waals surface area contributed by atoms with Gasteiger partial charge in [-0.2, -0.15) is 0 Å². The third-order valence-electron chi connectivity index (χ3n) is 6.60. The number of hydrogen-bond donors (Lipinski definition) is 2. The highest BCUT2D eigenvalue weighted by atomic mass is 79.9. The first-order chi connectivity index (χ1) is 17.7. The molecule has 1 saturated heterocycles. The molecule has 2 fully saturated rings. The number of halogens is 1. The second-order valence-electron chi connectivity index (χ2n) is 10.8. The molecule has 37 heavy (non-hydrogen) atoms. The normalized spacial score (nSPS) is 16.5. The average Bonchev–Trinajstić information content (AvgIpc) is 3.69. The van der Waals surface area contributed by atoms with Crippen molar-refractivity contribution in [2.75, 3.05) is 23.3 Å². The SMILES string of the molecule is CC(C)(C)OC(=O)NC1CCN(c2ccc(Nc3c(C(=O)C4CC4)cnc4ccc(Br)cc34)cn2)CC1. The summed E-state index contributed by atoms with van der Waals surface area (Å²) in [5.41, 5.74) is 2.52. The summed E-state index contributed by atoms with van der Waals surface area (Å²) < 4.78 is 6.31. The standard InChI is InChI=1S/C28H32BrN5O3/c1-28(2,3)37-27(36)33-19-10-12-34(13-11-19)24-9-7-20(15-31-24)32-25-21-14-18(29)6-8-23(21)30-16-22(25)26(35)17-4-5-17/h6-9,14-17,19H,4-5,10-13H2,1-3H3,(H,30,32)(H,33,36). The lowest BCUT2D eigenvalue weighted by atomic mass is 10.0. The van der Waals surface area contributed by atoms with E-state index in [1.165, 1.54) is 0 Å². The quantitative estimate of drug-likeness (QED) is 0.342. The van der Waals surface area contributed by atoms with Crippen molar-refractivity contribution >= 4 is 55.9 Å². The van der Waals surface area contributed by atoms with Gasteiger partial charge < -0.3 is 20.3 Å². The van der Waals surface area contributed by atoms with E-state index in [4.69, 9.17) is 9.72 Å². The molecule has 1 amide bonds. The number of anilines is 3. The zero-order valence-electron chi connectivity index (χ0n) is 21.4. The van der Waals surface area contributed by atoms with Crippen molar-refractivity contribution in [2.24, 2.45) is 5.92 Å². The van der Waals surface area contributed by atoms with Gasteiger partial charge >= 0.3 is 6.09 Å². The second kappa shape index (κ2) is 10.3. The van der Waals surface area contributed by atoms with Crippen LogP contribution in [0.3, 0.4) is 0 Å². The molecule has 2 N–H and O–H groups in total. The highest BCUT2D eigenvalue weighted by Gasteiger charge is 2.32. The van der Waals surface area contributed by atoms with Crippen molar-refractivity contribution in [2.45, 2.75) is 58.1 Å². The van der Waals surface area contributed by atoms with Crippen LogP contribution in [-0.4, -0.2) is 46.6 Å². The predicted molar refractivity (Wildman–Crippen MR) is 149 cm³/mol. The molecule has 0 unspecified atom stereocenters. The molecule has 1 aliphatic carbocycles. The third kappa shape index (κ3) is 6.21. The Hall–Kier alpha value is -3.20. The van der Waals surface area contributed by atoms with E-state index in [1.54, 1.807) is 12.4 Å². The minimum absolute atomic E-state index is 0.0914. The van der Waals surface area contributed by atoms with Crippen molar-refractivity contribution in [1.29, 1.82) is 0 Å². The molecule has 1 aromatic carbocycles. The van der Waals surface area contributed by atoms with Gasteiger partial charge in [0.2, 0.25) is 0 Å². The number of hydrogen-bond acceptors (Lipinski definition) is 7. The summed E-state index contributed by atoms with van der Waals surface area (Å²) in [5.74, 6) is 1.13. The zero-order valence-corrected chi connectivity index (χ0v) is 23.0. The first kappa shape index (κ1) is 25.4. The van der Waals surface area contributed by atoms with Gasteiger partial charge in [0.1, 0.15) is 11.4 Å². The van der Waals surface area contributed by atoms with Crippen LogP contribution in [0, 0.1) is 5.92 Å². The molecule has 194 valence electrons.